The Morgan fingerprint density at radius 3 is 2.44 bits per heavy atom. The van der Waals surface area contributed by atoms with Gasteiger partial charge in [0.2, 0.25) is 0 Å². The quantitative estimate of drug-likeness (QED) is 0.749. The molecule has 0 aromatic rings. The van der Waals surface area contributed by atoms with Gasteiger partial charge in [-0.15, -0.1) is 0 Å². The van der Waals surface area contributed by atoms with Gasteiger partial charge in [-0.05, 0) is 45.7 Å². The largest absolute Gasteiger partial charge is 0.313 e. The molecule has 2 heteroatoms. The molecule has 0 saturated carbocycles. The third-order valence-corrected chi connectivity index (χ3v) is 4.11. The zero-order valence-corrected chi connectivity index (χ0v) is 11.6. The number of nitrogens with one attached hydrogen (secondary N) is 1. The minimum atomic E-state index is 0.644. The molecule has 96 valence electrons. The minimum Gasteiger partial charge on any atom is -0.313 e. The Hall–Kier alpha value is -0.0800. The first-order valence-electron chi connectivity index (χ1n) is 7.23. The zero-order chi connectivity index (χ0) is 12.0. The first-order chi connectivity index (χ1) is 7.74. The van der Waals surface area contributed by atoms with Gasteiger partial charge in [0.15, 0.2) is 0 Å². The topological polar surface area (TPSA) is 15.3 Å². The number of rotatable bonds is 6. The maximum Gasteiger partial charge on any atom is 0.0249 e. The molecule has 16 heavy (non-hydrogen) atoms. The van der Waals surface area contributed by atoms with E-state index in [0.29, 0.717) is 6.04 Å². The molecule has 0 bridgehead atoms. The molecule has 1 aliphatic rings. The van der Waals surface area contributed by atoms with E-state index >= 15 is 0 Å². The van der Waals surface area contributed by atoms with E-state index in [1.807, 2.05) is 0 Å². The Morgan fingerprint density at radius 1 is 1.19 bits per heavy atom. The molecule has 1 fully saturated rings. The molecule has 2 nitrogen and oxygen atoms in total. The van der Waals surface area contributed by atoms with E-state index in [9.17, 15) is 0 Å². The number of hydrogen-bond acceptors (Lipinski definition) is 2. The van der Waals surface area contributed by atoms with Crippen molar-refractivity contribution in [3.05, 3.63) is 0 Å². The van der Waals surface area contributed by atoms with Crippen LogP contribution in [0.1, 0.15) is 59.8 Å². The van der Waals surface area contributed by atoms with Crippen molar-refractivity contribution in [3.8, 4) is 0 Å². The molecule has 1 saturated heterocycles. The van der Waals surface area contributed by atoms with Gasteiger partial charge in [-0.1, -0.05) is 27.2 Å². The Bertz CT molecular complexity index is 178. The van der Waals surface area contributed by atoms with Gasteiger partial charge in [0, 0.05) is 18.1 Å². The van der Waals surface area contributed by atoms with Crippen LogP contribution in [0, 0.1) is 0 Å². The average molecular weight is 226 g/mol. The fourth-order valence-corrected chi connectivity index (χ4v) is 3.19. The van der Waals surface area contributed by atoms with Crippen LogP contribution in [0.3, 0.4) is 0 Å². The zero-order valence-electron chi connectivity index (χ0n) is 11.6. The molecule has 0 aliphatic carbocycles. The monoisotopic (exact) mass is 226 g/mol. The van der Waals surface area contributed by atoms with E-state index in [-0.39, 0.29) is 0 Å². The van der Waals surface area contributed by atoms with Crippen LogP contribution in [0.2, 0.25) is 0 Å². The summed E-state index contributed by atoms with van der Waals surface area (Å²) >= 11 is 0. The molecule has 1 aliphatic heterocycles. The summed E-state index contributed by atoms with van der Waals surface area (Å²) in [5, 5.41) is 3.61. The third-order valence-electron chi connectivity index (χ3n) is 4.11. The fraction of sp³-hybridized carbons (Fsp3) is 1.00. The first kappa shape index (κ1) is 14.0. The first-order valence-corrected chi connectivity index (χ1v) is 7.23. The number of nitrogens with zero attached hydrogens (tertiary/aromatic N) is 1. The summed E-state index contributed by atoms with van der Waals surface area (Å²) in [4.78, 5) is 2.77. The molecule has 2 unspecified atom stereocenters. The average Bonchev–Trinajstić information content (AvgIpc) is 2.31. The summed E-state index contributed by atoms with van der Waals surface area (Å²) in [7, 11) is 0. The lowest BCUT2D eigenvalue weighted by molar-refractivity contribution is 0.0688. The second-order valence-corrected chi connectivity index (χ2v) is 5.12. The van der Waals surface area contributed by atoms with Crippen molar-refractivity contribution in [2.75, 3.05) is 13.1 Å². The Kier molecular flexibility index (Phi) is 6.37. The highest BCUT2D eigenvalue weighted by molar-refractivity contribution is 4.88. The molecule has 2 atom stereocenters. The highest BCUT2D eigenvalue weighted by Crippen LogP contribution is 2.24. The highest BCUT2D eigenvalue weighted by Gasteiger charge is 2.30. The van der Waals surface area contributed by atoms with E-state index in [1.54, 1.807) is 0 Å². The van der Waals surface area contributed by atoms with Crippen molar-refractivity contribution in [2.24, 2.45) is 0 Å². The van der Waals surface area contributed by atoms with Gasteiger partial charge in [0.05, 0.1) is 0 Å². The lowest BCUT2D eigenvalue weighted by Gasteiger charge is -2.43. The van der Waals surface area contributed by atoms with Gasteiger partial charge in [-0.2, -0.15) is 0 Å². The van der Waals surface area contributed by atoms with Crippen LogP contribution in [-0.2, 0) is 0 Å². The summed E-state index contributed by atoms with van der Waals surface area (Å²) in [6.07, 6.45) is 6.78. The molecule has 0 aromatic heterocycles. The van der Waals surface area contributed by atoms with Crippen LogP contribution < -0.4 is 5.32 Å². The number of hydrogen-bond donors (Lipinski definition) is 1. The molecule has 0 spiro atoms. The van der Waals surface area contributed by atoms with E-state index in [4.69, 9.17) is 0 Å². The van der Waals surface area contributed by atoms with Crippen LogP contribution >= 0.6 is 0 Å². The molecular formula is C14H30N2. The van der Waals surface area contributed by atoms with Crippen molar-refractivity contribution >= 4 is 0 Å². The minimum absolute atomic E-state index is 0.644. The summed E-state index contributed by atoms with van der Waals surface area (Å²) in [6, 6.07) is 2.20. The summed E-state index contributed by atoms with van der Waals surface area (Å²) < 4.78 is 0. The van der Waals surface area contributed by atoms with Crippen LogP contribution in [0.4, 0.5) is 0 Å². The van der Waals surface area contributed by atoms with Crippen LogP contribution in [-0.4, -0.2) is 36.1 Å². The van der Waals surface area contributed by atoms with Gasteiger partial charge in [0.1, 0.15) is 0 Å². The van der Waals surface area contributed by atoms with Crippen molar-refractivity contribution in [2.45, 2.75) is 77.9 Å². The van der Waals surface area contributed by atoms with Gasteiger partial charge in [-0.25, -0.2) is 0 Å². The van der Waals surface area contributed by atoms with Crippen molar-refractivity contribution in [1.29, 1.82) is 0 Å². The van der Waals surface area contributed by atoms with Gasteiger partial charge in [0.25, 0.3) is 0 Å². The van der Waals surface area contributed by atoms with E-state index < -0.39 is 0 Å². The maximum absolute atomic E-state index is 3.61. The molecule has 1 heterocycles. The summed E-state index contributed by atoms with van der Waals surface area (Å²) in [5.74, 6) is 0. The van der Waals surface area contributed by atoms with E-state index in [1.165, 1.54) is 38.6 Å². The molecule has 1 rings (SSSR count). The Morgan fingerprint density at radius 2 is 1.88 bits per heavy atom. The molecule has 1 N–H and O–H groups in total. The second kappa shape index (κ2) is 7.29. The van der Waals surface area contributed by atoms with Gasteiger partial charge < -0.3 is 5.32 Å². The Labute approximate surface area is 102 Å². The normalized spacial score (nSPS) is 24.9. The maximum atomic E-state index is 3.61. The summed E-state index contributed by atoms with van der Waals surface area (Å²) in [6.45, 7) is 11.6. The van der Waals surface area contributed by atoms with Crippen molar-refractivity contribution in [1.82, 2.24) is 10.2 Å². The number of piperidine rings is 1. The summed E-state index contributed by atoms with van der Waals surface area (Å²) in [5.41, 5.74) is 0. The fourth-order valence-electron chi connectivity index (χ4n) is 3.19. The second-order valence-electron chi connectivity index (χ2n) is 5.12. The van der Waals surface area contributed by atoms with Crippen molar-refractivity contribution in [3.63, 3.8) is 0 Å². The lowest BCUT2D eigenvalue weighted by atomic mass is 9.93. The highest BCUT2D eigenvalue weighted by atomic mass is 15.2. The van der Waals surface area contributed by atoms with Crippen LogP contribution in [0.15, 0.2) is 0 Å². The molecule has 0 amide bonds. The predicted molar refractivity (Wildman–Crippen MR) is 71.9 cm³/mol. The Balaban J connectivity index is 2.62. The standard InChI is InChI=1S/C14H30N2/c1-5-13(6-2)16-11-9-8-10-14(16)12(4)15-7-3/h12-15H,5-11H2,1-4H3. The van der Waals surface area contributed by atoms with Crippen LogP contribution in [0.5, 0.6) is 0 Å². The number of likely N-dealkylation sites (N-methyl/N-ethyl adjacent to an activating group) is 1. The van der Waals surface area contributed by atoms with Crippen LogP contribution in [0.25, 0.3) is 0 Å². The van der Waals surface area contributed by atoms with Gasteiger partial charge >= 0.3 is 0 Å². The predicted octanol–water partition coefficient (Wildman–Crippen LogP) is 3.03. The molecular weight excluding hydrogens is 196 g/mol. The van der Waals surface area contributed by atoms with E-state index in [2.05, 4.69) is 37.9 Å². The lowest BCUT2D eigenvalue weighted by Crippen LogP contribution is -2.54. The molecule has 0 aromatic carbocycles. The third kappa shape index (κ3) is 3.46. The number of likely N-dealkylation sites (tertiary alicyclic amines) is 1. The smallest absolute Gasteiger partial charge is 0.0249 e. The van der Waals surface area contributed by atoms with Gasteiger partial charge in [-0.3, -0.25) is 4.90 Å². The SMILES string of the molecule is CCNC(C)C1CCCCN1C(CC)CC. The van der Waals surface area contributed by atoms with E-state index in [0.717, 1.165) is 18.6 Å². The molecule has 0 radical (unpaired) electrons. The van der Waals surface area contributed by atoms with Crippen molar-refractivity contribution < 1.29 is 0 Å².